The Kier molecular flexibility index (Phi) is 5.97. The molecular formula is C15H18F3N5O2. The molecule has 1 fully saturated rings. The van der Waals surface area contributed by atoms with Crippen LogP contribution in [0.15, 0.2) is 24.5 Å². The SMILES string of the molecule is Cc1nc(-c2ncc[nH]2)ccc1N1CCNCC1.O=C(O)C(F)(F)F. The van der Waals surface area contributed by atoms with E-state index < -0.39 is 12.1 Å². The topological polar surface area (TPSA) is 94.1 Å². The van der Waals surface area contributed by atoms with Crippen molar-refractivity contribution in [3.8, 4) is 11.5 Å². The van der Waals surface area contributed by atoms with Crippen molar-refractivity contribution in [3.05, 3.63) is 30.2 Å². The van der Waals surface area contributed by atoms with Crippen molar-refractivity contribution in [1.29, 1.82) is 0 Å². The van der Waals surface area contributed by atoms with Gasteiger partial charge in [-0.05, 0) is 19.1 Å². The van der Waals surface area contributed by atoms with Gasteiger partial charge in [0.2, 0.25) is 0 Å². The number of halogens is 3. The van der Waals surface area contributed by atoms with Crippen molar-refractivity contribution in [2.45, 2.75) is 13.1 Å². The maximum Gasteiger partial charge on any atom is 0.490 e. The molecule has 3 rings (SSSR count). The minimum Gasteiger partial charge on any atom is -0.475 e. The van der Waals surface area contributed by atoms with Gasteiger partial charge in [0, 0.05) is 38.6 Å². The average Bonchev–Trinajstić information content (AvgIpc) is 3.10. The van der Waals surface area contributed by atoms with Crippen molar-refractivity contribution in [3.63, 3.8) is 0 Å². The molecule has 0 spiro atoms. The molecule has 2 aromatic heterocycles. The van der Waals surface area contributed by atoms with E-state index >= 15 is 0 Å². The Morgan fingerprint density at radius 2 is 1.92 bits per heavy atom. The molecule has 0 aliphatic carbocycles. The highest BCUT2D eigenvalue weighted by Crippen LogP contribution is 2.22. The molecule has 0 unspecified atom stereocenters. The van der Waals surface area contributed by atoms with Gasteiger partial charge in [-0.3, -0.25) is 0 Å². The molecule has 0 aromatic carbocycles. The molecule has 7 nitrogen and oxygen atoms in total. The van der Waals surface area contributed by atoms with Crippen molar-refractivity contribution >= 4 is 11.7 Å². The Morgan fingerprint density at radius 3 is 2.40 bits per heavy atom. The quantitative estimate of drug-likeness (QED) is 0.759. The second-order valence-electron chi connectivity index (χ2n) is 5.28. The van der Waals surface area contributed by atoms with E-state index in [0.29, 0.717) is 0 Å². The molecule has 0 radical (unpaired) electrons. The highest BCUT2D eigenvalue weighted by molar-refractivity contribution is 5.73. The third-order valence-electron chi connectivity index (χ3n) is 3.50. The summed E-state index contributed by atoms with van der Waals surface area (Å²) >= 11 is 0. The van der Waals surface area contributed by atoms with E-state index in [0.717, 1.165) is 43.4 Å². The summed E-state index contributed by atoms with van der Waals surface area (Å²) in [5, 5.41) is 10.5. The Labute approximate surface area is 141 Å². The zero-order chi connectivity index (χ0) is 18.4. The summed E-state index contributed by atoms with van der Waals surface area (Å²) in [5.74, 6) is -1.93. The lowest BCUT2D eigenvalue weighted by molar-refractivity contribution is -0.192. The van der Waals surface area contributed by atoms with Gasteiger partial charge >= 0.3 is 12.1 Å². The van der Waals surface area contributed by atoms with E-state index in [2.05, 4.69) is 38.2 Å². The van der Waals surface area contributed by atoms with E-state index in [1.54, 1.807) is 6.20 Å². The smallest absolute Gasteiger partial charge is 0.475 e. The number of nitrogens with one attached hydrogen (secondary N) is 2. The summed E-state index contributed by atoms with van der Waals surface area (Å²) in [6, 6.07) is 4.18. The maximum atomic E-state index is 10.6. The van der Waals surface area contributed by atoms with E-state index in [9.17, 15) is 13.2 Å². The molecule has 10 heteroatoms. The number of pyridine rings is 1. The van der Waals surface area contributed by atoms with Crippen molar-refractivity contribution in [2.24, 2.45) is 0 Å². The third kappa shape index (κ3) is 5.18. The summed E-state index contributed by atoms with van der Waals surface area (Å²) in [6.07, 6.45) is -1.52. The number of hydrogen-bond donors (Lipinski definition) is 3. The zero-order valence-corrected chi connectivity index (χ0v) is 13.5. The summed E-state index contributed by atoms with van der Waals surface area (Å²) in [5.41, 5.74) is 3.19. The normalized spacial score (nSPS) is 14.6. The van der Waals surface area contributed by atoms with Crippen LogP contribution in [0.2, 0.25) is 0 Å². The highest BCUT2D eigenvalue weighted by atomic mass is 19.4. The number of aromatic amines is 1. The van der Waals surface area contributed by atoms with Crippen molar-refractivity contribution < 1.29 is 23.1 Å². The number of aryl methyl sites for hydroxylation is 1. The lowest BCUT2D eigenvalue weighted by atomic mass is 10.2. The number of hydrogen-bond acceptors (Lipinski definition) is 5. The molecule has 3 N–H and O–H groups in total. The van der Waals surface area contributed by atoms with Crippen molar-refractivity contribution in [2.75, 3.05) is 31.1 Å². The van der Waals surface area contributed by atoms with Crippen LogP contribution in [0, 0.1) is 6.92 Å². The number of H-pyrrole nitrogens is 1. The van der Waals surface area contributed by atoms with E-state index in [4.69, 9.17) is 9.90 Å². The molecule has 3 heterocycles. The van der Waals surface area contributed by atoms with Gasteiger partial charge in [0.25, 0.3) is 0 Å². The maximum absolute atomic E-state index is 10.6. The first-order valence-electron chi connectivity index (χ1n) is 7.52. The summed E-state index contributed by atoms with van der Waals surface area (Å²) in [6.45, 7) is 6.23. The molecular weight excluding hydrogens is 339 g/mol. The predicted octanol–water partition coefficient (Wildman–Crippen LogP) is 1.82. The molecule has 2 aromatic rings. The standard InChI is InChI=1S/C13H17N5.C2HF3O2/c1-10-12(18-8-6-14-7-9-18)3-2-11(17-10)13-15-4-5-16-13;3-2(4,5)1(6)7/h2-5,14H,6-9H2,1H3,(H,15,16);(H,6,7). The number of aliphatic carboxylic acids is 1. The summed E-state index contributed by atoms with van der Waals surface area (Å²) < 4.78 is 31.7. The van der Waals surface area contributed by atoms with E-state index in [-0.39, 0.29) is 0 Å². The van der Waals surface area contributed by atoms with Crippen LogP contribution in [0.25, 0.3) is 11.5 Å². The molecule has 0 amide bonds. The number of anilines is 1. The molecule has 0 bridgehead atoms. The molecule has 136 valence electrons. The number of rotatable bonds is 2. The van der Waals surface area contributed by atoms with Crippen LogP contribution < -0.4 is 10.2 Å². The average molecular weight is 357 g/mol. The van der Waals surface area contributed by atoms with Crippen LogP contribution in [0.3, 0.4) is 0 Å². The van der Waals surface area contributed by atoms with Crippen LogP contribution in [-0.4, -0.2) is 58.4 Å². The molecule has 1 aliphatic rings. The summed E-state index contributed by atoms with van der Waals surface area (Å²) in [7, 11) is 0. The number of imidazole rings is 1. The third-order valence-corrected chi connectivity index (χ3v) is 3.50. The van der Waals surface area contributed by atoms with E-state index in [1.807, 2.05) is 12.3 Å². The number of carboxylic acids is 1. The van der Waals surface area contributed by atoms with Crippen LogP contribution in [0.4, 0.5) is 18.9 Å². The fraction of sp³-hybridized carbons (Fsp3) is 0.400. The fourth-order valence-electron chi connectivity index (χ4n) is 2.33. The van der Waals surface area contributed by atoms with Crippen molar-refractivity contribution in [1.82, 2.24) is 20.3 Å². The zero-order valence-electron chi connectivity index (χ0n) is 13.5. The largest absolute Gasteiger partial charge is 0.490 e. The molecule has 25 heavy (non-hydrogen) atoms. The first-order valence-corrected chi connectivity index (χ1v) is 7.52. The number of piperazine rings is 1. The van der Waals surface area contributed by atoms with Gasteiger partial charge < -0.3 is 20.3 Å². The predicted molar refractivity (Wildman–Crippen MR) is 85.3 cm³/mol. The lowest BCUT2D eigenvalue weighted by Gasteiger charge is -2.30. The fourth-order valence-corrected chi connectivity index (χ4v) is 2.33. The molecule has 0 atom stereocenters. The van der Waals surface area contributed by atoms with Gasteiger partial charge in [-0.15, -0.1) is 0 Å². The molecule has 0 saturated carbocycles. The Hall–Kier alpha value is -2.62. The number of carbonyl (C=O) groups is 1. The summed E-state index contributed by atoms with van der Waals surface area (Å²) in [4.78, 5) is 23.2. The van der Waals surface area contributed by atoms with Crippen LogP contribution in [-0.2, 0) is 4.79 Å². The number of alkyl halides is 3. The Balaban J connectivity index is 0.000000277. The van der Waals surface area contributed by atoms with Crippen LogP contribution in [0.1, 0.15) is 5.69 Å². The first kappa shape index (κ1) is 18.7. The highest BCUT2D eigenvalue weighted by Gasteiger charge is 2.38. The minimum atomic E-state index is -5.08. The van der Waals surface area contributed by atoms with Gasteiger partial charge in [0.15, 0.2) is 5.82 Å². The van der Waals surface area contributed by atoms with Gasteiger partial charge in [0.05, 0.1) is 11.4 Å². The van der Waals surface area contributed by atoms with E-state index in [1.165, 1.54) is 5.69 Å². The monoisotopic (exact) mass is 357 g/mol. The van der Waals surface area contributed by atoms with Gasteiger partial charge in [0.1, 0.15) is 5.69 Å². The van der Waals surface area contributed by atoms with Crippen LogP contribution in [0.5, 0.6) is 0 Å². The molecule has 1 saturated heterocycles. The second kappa shape index (κ2) is 7.97. The second-order valence-corrected chi connectivity index (χ2v) is 5.28. The lowest BCUT2D eigenvalue weighted by Crippen LogP contribution is -2.43. The number of aromatic nitrogens is 3. The number of nitrogens with zero attached hydrogens (tertiary/aromatic N) is 3. The Bertz CT molecular complexity index is 698. The van der Waals surface area contributed by atoms with Gasteiger partial charge in [-0.1, -0.05) is 0 Å². The van der Waals surface area contributed by atoms with Gasteiger partial charge in [-0.2, -0.15) is 13.2 Å². The van der Waals surface area contributed by atoms with Crippen LogP contribution >= 0.6 is 0 Å². The first-order chi connectivity index (χ1) is 11.8. The number of carboxylic acid groups (broad SMARTS) is 1. The minimum absolute atomic E-state index is 0.824. The van der Waals surface area contributed by atoms with Gasteiger partial charge in [-0.25, -0.2) is 14.8 Å². The molecule has 1 aliphatic heterocycles. The Morgan fingerprint density at radius 1 is 1.28 bits per heavy atom.